The highest BCUT2D eigenvalue weighted by molar-refractivity contribution is 5.79. The lowest BCUT2D eigenvalue weighted by Gasteiger charge is -2.33. The Morgan fingerprint density at radius 3 is 2.54 bits per heavy atom. The van der Waals surface area contributed by atoms with Crippen LogP contribution >= 0.6 is 0 Å². The van der Waals surface area contributed by atoms with E-state index in [-0.39, 0.29) is 5.54 Å². The fraction of sp³-hybridized carbons (Fsp3) is 0.632. The minimum atomic E-state index is 0.0525. The van der Waals surface area contributed by atoms with Crippen LogP contribution in [0.2, 0.25) is 0 Å². The van der Waals surface area contributed by atoms with Crippen molar-refractivity contribution in [2.75, 3.05) is 34.3 Å². The second kappa shape index (κ2) is 9.52. The second-order valence-electron chi connectivity index (χ2n) is 6.95. The maximum Gasteiger partial charge on any atom is 0.191 e. The number of rotatable bonds is 8. The third-order valence-electron chi connectivity index (χ3n) is 4.25. The van der Waals surface area contributed by atoms with Crippen LogP contribution in [0.3, 0.4) is 0 Å². The van der Waals surface area contributed by atoms with Crippen LogP contribution in [0.1, 0.15) is 38.3 Å². The molecule has 0 fully saturated rings. The predicted molar refractivity (Wildman–Crippen MR) is 103 cm³/mol. The van der Waals surface area contributed by atoms with Crippen molar-refractivity contribution in [1.82, 2.24) is 15.5 Å². The van der Waals surface area contributed by atoms with E-state index in [1.165, 1.54) is 5.56 Å². The highest BCUT2D eigenvalue weighted by Gasteiger charge is 2.20. The monoisotopic (exact) mass is 334 g/mol. The first-order valence-electron chi connectivity index (χ1n) is 8.64. The molecule has 0 aromatic heterocycles. The number of nitrogens with zero attached hydrogens (tertiary/aromatic N) is 2. The smallest absolute Gasteiger partial charge is 0.191 e. The van der Waals surface area contributed by atoms with Crippen molar-refractivity contribution in [2.24, 2.45) is 4.99 Å². The summed E-state index contributed by atoms with van der Waals surface area (Å²) in [5.74, 6) is 1.75. The fourth-order valence-corrected chi connectivity index (χ4v) is 2.01. The first kappa shape index (κ1) is 20.3. The Kier molecular flexibility index (Phi) is 8.05. The van der Waals surface area contributed by atoms with E-state index in [9.17, 15) is 0 Å². The van der Waals surface area contributed by atoms with Gasteiger partial charge in [-0.3, -0.25) is 4.99 Å². The number of guanidine groups is 1. The first-order valence-corrected chi connectivity index (χ1v) is 8.64. The molecule has 5 heteroatoms. The normalized spacial score (nSPS) is 12.4. The summed E-state index contributed by atoms with van der Waals surface area (Å²) < 4.78 is 5.87. The molecule has 0 heterocycles. The van der Waals surface area contributed by atoms with Crippen molar-refractivity contribution in [2.45, 2.75) is 46.2 Å². The van der Waals surface area contributed by atoms with E-state index < -0.39 is 0 Å². The van der Waals surface area contributed by atoms with Crippen LogP contribution in [0.15, 0.2) is 23.2 Å². The molecule has 2 N–H and O–H groups in total. The van der Waals surface area contributed by atoms with Gasteiger partial charge in [0.15, 0.2) is 5.96 Å². The van der Waals surface area contributed by atoms with Crippen LogP contribution in [0.5, 0.6) is 5.75 Å². The molecule has 0 bridgehead atoms. The molecule has 1 rings (SSSR count). The fourth-order valence-electron chi connectivity index (χ4n) is 2.01. The lowest BCUT2D eigenvalue weighted by molar-refractivity contribution is 0.197. The number of aryl methyl sites for hydroxylation is 1. The Bertz CT molecular complexity index is 538. The van der Waals surface area contributed by atoms with Crippen LogP contribution in [0.25, 0.3) is 0 Å². The molecule has 0 saturated heterocycles. The molecular weight excluding hydrogens is 300 g/mol. The zero-order chi connectivity index (χ0) is 18.2. The second-order valence-corrected chi connectivity index (χ2v) is 6.95. The van der Waals surface area contributed by atoms with Gasteiger partial charge in [-0.05, 0) is 52.9 Å². The van der Waals surface area contributed by atoms with Crippen LogP contribution < -0.4 is 15.4 Å². The Balaban J connectivity index is 2.66. The molecule has 0 aliphatic carbocycles. The van der Waals surface area contributed by atoms with Crippen molar-refractivity contribution in [1.29, 1.82) is 0 Å². The molecular formula is C19H34N4O. The van der Waals surface area contributed by atoms with Crippen LogP contribution in [0, 0.1) is 6.92 Å². The summed E-state index contributed by atoms with van der Waals surface area (Å²) >= 11 is 0. The highest BCUT2D eigenvalue weighted by atomic mass is 16.5. The van der Waals surface area contributed by atoms with E-state index in [4.69, 9.17) is 4.74 Å². The quantitative estimate of drug-likeness (QED) is 0.567. The average Bonchev–Trinajstić information content (AvgIpc) is 2.54. The molecule has 0 amide bonds. The van der Waals surface area contributed by atoms with Gasteiger partial charge in [0.25, 0.3) is 0 Å². The van der Waals surface area contributed by atoms with Crippen molar-refractivity contribution >= 4 is 5.96 Å². The SMILES string of the molecule is CCCOc1cc(C)ccc1CNC(=NC)NCC(C)(C)N(C)C. The molecule has 1 aromatic carbocycles. The van der Waals surface area contributed by atoms with E-state index in [0.717, 1.165) is 36.8 Å². The summed E-state index contributed by atoms with van der Waals surface area (Å²) in [5.41, 5.74) is 2.40. The largest absolute Gasteiger partial charge is 0.493 e. The minimum Gasteiger partial charge on any atom is -0.493 e. The minimum absolute atomic E-state index is 0.0525. The predicted octanol–water partition coefficient (Wildman–Crippen LogP) is 2.79. The van der Waals surface area contributed by atoms with Gasteiger partial charge in [-0.2, -0.15) is 0 Å². The maximum atomic E-state index is 5.87. The Morgan fingerprint density at radius 2 is 1.96 bits per heavy atom. The third kappa shape index (κ3) is 6.40. The Hall–Kier alpha value is -1.75. The lowest BCUT2D eigenvalue weighted by atomic mass is 10.0. The van der Waals surface area contributed by atoms with Crippen molar-refractivity contribution in [3.8, 4) is 5.75 Å². The molecule has 5 nitrogen and oxygen atoms in total. The van der Waals surface area contributed by atoms with E-state index in [0.29, 0.717) is 6.54 Å². The van der Waals surface area contributed by atoms with Crippen molar-refractivity contribution in [3.05, 3.63) is 29.3 Å². The van der Waals surface area contributed by atoms with Crippen molar-refractivity contribution in [3.63, 3.8) is 0 Å². The van der Waals surface area contributed by atoms with Gasteiger partial charge in [-0.15, -0.1) is 0 Å². The molecule has 136 valence electrons. The van der Waals surface area contributed by atoms with Crippen LogP contribution in [-0.4, -0.2) is 50.7 Å². The number of likely N-dealkylation sites (N-methyl/N-ethyl adjacent to an activating group) is 1. The summed E-state index contributed by atoms with van der Waals surface area (Å²) in [7, 11) is 5.96. The zero-order valence-corrected chi connectivity index (χ0v) is 16.4. The topological polar surface area (TPSA) is 48.9 Å². The van der Waals surface area contributed by atoms with Gasteiger partial charge in [0, 0.05) is 31.2 Å². The Labute approximate surface area is 147 Å². The highest BCUT2D eigenvalue weighted by Crippen LogP contribution is 2.20. The summed E-state index contributed by atoms with van der Waals surface area (Å²) in [4.78, 5) is 6.51. The van der Waals surface area contributed by atoms with E-state index in [2.05, 4.69) is 80.5 Å². The maximum absolute atomic E-state index is 5.87. The number of aliphatic imine (C=N–C) groups is 1. The van der Waals surface area contributed by atoms with Gasteiger partial charge in [-0.25, -0.2) is 0 Å². The number of hydrogen-bond donors (Lipinski definition) is 2. The summed E-state index contributed by atoms with van der Waals surface area (Å²) in [6, 6.07) is 6.32. The molecule has 0 aliphatic heterocycles. The molecule has 0 aliphatic rings. The third-order valence-corrected chi connectivity index (χ3v) is 4.25. The summed E-state index contributed by atoms with van der Waals surface area (Å²) in [5, 5.41) is 6.77. The molecule has 0 saturated carbocycles. The van der Waals surface area contributed by atoms with Gasteiger partial charge in [-0.1, -0.05) is 19.1 Å². The van der Waals surface area contributed by atoms with Gasteiger partial charge >= 0.3 is 0 Å². The van der Waals surface area contributed by atoms with E-state index in [1.54, 1.807) is 7.05 Å². The molecule has 1 aromatic rings. The first-order chi connectivity index (χ1) is 11.3. The number of ether oxygens (including phenoxy) is 1. The van der Waals surface area contributed by atoms with Gasteiger partial charge in [0.2, 0.25) is 0 Å². The van der Waals surface area contributed by atoms with E-state index >= 15 is 0 Å². The molecule has 0 radical (unpaired) electrons. The molecule has 0 atom stereocenters. The number of benzene rings is 1. The average molecular weight is 335 g/mol. The number of nitrogens with one attached hydrogen (secondary N) is 2. The molecule has 0 spiro atoms. The summed E-state index contributed by atoms with van der Waals surface area (Å²) in [6.45, 7) is 10.8. The Morgan fingerprint density at radius 1 is 1.25 bits per heavy atom. The van der Waals surface area contributed by atoms with Crippen LogP contribution in [-0.2, 0) is 6.54 Å². The van der Waals surface area contributed by atoms with Crippen molar-refractivity contribution < 1.29 is 4.74 Å². The standard InChI is InChI=1S/C19H34N4O/c1-8-11-24-17-12-15(2)9-10-16(17)13-21-18(20-5)22-14-19(3,4)23(6)7/h9-10,12H,8,11,13-14H2,1-7H3,(H2,20,21,22). The van der Waals surface area contributed by atoms with Gasteiger partial charge < -0.3 is 20.3 Å². The number of hydrogen-bond acceptors (Lipinski definition) is 3. The lowest BCUT2D eigenvalue weighted by Crippen LogP contribution is -2.50. The van der Waals surface area contributed by atoms with E-state index in [1.807, 2.05) is 0 Å². The van der Waals surface area contributed by atoms with Gasteiger partial charge in [0.05, 0.1) is 6.61 Å². The molecule has 24 heavy (non-hydrogen) atoms. The van der Waals surface area contributed by atoms with Crippen LogP contribution in [0.4, 0.5) is 0 Å². The zero-order valence-electron chi connectivity index (χ0n) is 16.4. The van der Waals surface area contributed by atoms with Gasteiger partial charge in [0.1, 0.15) is 5.75 Å². The summed E-state index contributed by atoms with van der Waals surface area (Å²) in [6.07, 6.45) is 1.00. The molecule has 0 unspecified atom stereocenters.